The maximum atomic E-state index is 12.8. The molecule has 2 N–H and O–H groups in total. The first-order chi connectivity index (χ1) is 19.0. The van der Waals surface area contributed by atoms with E-state index < -0.39 is 0 Å². The highest BCUT2D eigenvalue weighted by Crippen LogP contribution is 2.38. The molecule has 2 aromatic heterocycles. The monoisotopic (exact) mass is 543 g/mol. The Morgan fingerprint density at radius 1 is 1.21 bits per heavy atom. The standard InChI is InChI=1S/C30H33N5O3S/c1-34(2)14-7-12-27(37)35-15-13-24-26(17-35)39-30-28(24)29(31-20-32-30)33-25(22-9-4-3-5-10-22)19-38-18-21-8-6-11-23(36)16-21/h3-12,16,20,25,36H,13-15,17-19H2,1-2H3,(H,31,32,33)/b12-7+/t25-/m1/s1. The van der Waals surface area contributed by atoms with Crippen LogP contribution >= 0.6 is 11.3 Å². The summed E-state index contributed by atoms with van der Waals surface area (Å²) in [6.07, 6.45) is 5.93. The zero-order chi connectivity index (χ0) is 27.2. The highest BCUT2D eigenvalue weighted by Gasteiger charge is 2.26. The summed E-state index contributed by atoms with van der Waals surface area (Å²) in [7, 11) is 3.96. The van der Waals surface area contributed by atoms with E-state index in [1.807, 2.05) is 60.3 Å². The van der Waals surface area contributed by atoms with Crippen LogP contribution < -0.4 is 5.32 Å². The van der Waals surface area contributed by atoms with Gasteiger partial charge in [0.25, 0.3) is 0 Å². The Morgan fingerprint density at radius 2 is 2.05 bits per heavy atom. The molecular formula is C30H33N5O3S. The summed E-state index contributed by atoms with van der Waals surface area (Å²) in [6, 6.07) is 17.1. The number of thiophene rings is 1. The number of aromatic hydroxyl groups is 1. The second-order valence-corrected chi connectivity index (χ2v) is 11.0. The van der Waals surface area contributed by atoms with Crippen molar-refractivity contribution in [1.82, 2.24) is 19.8 Å². The Morgan fingerprint density at radius 3 is 2.85 bits per heavy atom. The zero-order valence-corrected chi connectivity index (χ0v) is 23.0. The minimum atomic E-state index is -0.138. The molecule has 4 aromatic rings. The van der Waals surface area contributed by atoms with Crippen LogP contribution in [0.3, 0.4) is 0 Å². The zero-order valence-electron chi connectivity index (χ0n) is 22.2. The summed E-state index contributed by atoms with van der Waals surface area (Å²) < 4.78 is 6.09. The maximum absolute atomic E-state index is 12.8. The topological polar surface area (TPSA) is 90.8 Å². The molecule has 0 saturated heterocycles. The largest absolute Gasteiger partial charge is 0.508 e. The van der Waals surface area contributed by atoms with E-state index in [9.17, 15) is 9.90 Å². The number of hydrogen-bond acceptors (Lipinski definition) is 8. The number of phenols is 1. The molecule has 0 aliphatic carbocycles. The summed E-state index contributed by atoms with van der Waals surface area (Å²) in [5.41, 5.74) is 3.21. The minimum Gasteiger partial charge on any atom is -0.508 e. The van der Waals surface area contributed by atoms with Crippen molar-refractivity contribution >= 4 is 33.3 Å². The number of likely N-dealkylation sites (N-methyl/N-ethyl adjacent to an activating group) is 1. The first kappa shape index (κ1) is 26.8. The summed E-state index contributed by atoms with van der Waals surface area (Å²) in [6.45, 7) is 2.78. The summed E-state index contributed by atoms with van der Waals surface area (Å²) in [5.74, 6) is 1.04. The van der Waals surface area contributed by atoms with Crippen molar-refractivity contribution in [3.63, 3.8) is 0 Å². The van der Waals surface area contributed by atoms with Gasteiger partial charge in [0, 0.05) is 24.0 Å². The third-order valence-corrected chi connectivity index (χ3v) is 7.78. The van der Waals surface area contributed by atoms with Crippen molar-refractivity contribution in [1.29, 1.82) is 0 Å². The highest BCUT2D eigenvalue weighted by molar-refractivity contribution is 7.19. The second kappa shape index (κ2) is 12.4. The van der Waals surface area contributed by atoms with Gasteiger partial charge in [0.15, 0.2) is 0 Å². The molecule has 0 unspecified atom stereocenters. The number of nitrogens with one attached hydrogen (secondary N) is 1. The van der Waals surface area contributed by atoms with Gasteiger partial charge in [-0.2, -0.15) is 0 Å². The third kappa shape index (κ3) is 6.62. The fraction of sp³-hybridized carbons (Fsp3) is 0.300. The average Bonchev–Trinajstić information content (AvgIpc) is 3.31. The molecule has 3 heterocycles. The Kier molecular flexibility index (Phi) is 8.51. The fourth-order valence-corrected chi connectivity index (χ4v) is 5.91. The van der Waals surface area contributed by atoms with Crippen LogP contribution in [-0.4, -0.2) is 64.6 Å². The number of phenolic OH excluding ortho intramolecular Hbond substituents is 1. The lowest BCUT2D eigenvalue weighted by molar-refractivity contribution is -0.126. The van der Waals surface area contributed by atoms with Gasteiger partial charge in [-0.05, 0) is 49.3 Å². The Hall–Kier alpha value is -3.79. The van der Waals surface area contributed by atoms with E-state index in [-0.39, 0.29) is 17.7 Å². The van der Waals surface area contributed by atoms with Crippen LogP contribution in [0.1, 0.15) is 27.6 Å². The van der Waals surface area contributed by atoms with E-state index in [1.54, 1.807) is 35.9 Å². The number of nitrogens with zero attached hydrogens (tertiary/aromatic N) is 4. The Balaban J connectivity index is 1.35. The Bertz CT molecular complexity index is 1450. The van der Waals surface area contributed by atoms with Crippen molar-refractivity contribution < 1.29 is 14.6 Å². The number of carbonyl (C=O) groups excluding carboxylic acids is 1. The van der Waals surface area contributed by atoms with Gasteiger partial charge in [-0.15, -0.1) is 11.3 Å². The van der Waals surface area contributed by atoms with E-state index in [4.69, 9.17) is 4.74 Å². The molecule has 8 nitrogen and oxygen atoms in total. The van der Waals surface area contributed by atoms with Crippen LogP contribution in [0.4, 0.5) is 5.82 Å². The van der Waals surface area contributed by atoms with Crippen molar-refractivity contribution in [2.45, 2.75) is 25.6 Å². The molecule has 39 heavy (non-hydrogen) atoms. The summed E-state index contributed by atoms with van der Waals surface area (Å²) in [5, 5.41) is 14.4. The molecule has 2 aromatic carbocycles. The van der Waals surface area contributed by atoms with E-state index in [1.165, 1.54) is 5.56 Å². The number of benzene rings is 2. The SMILES string of the molecule is CN(C)C/C=C/C(=O)N1CCc2c(sc3ncnc(N[C@H](COCc4cccc(O)c4)c4ccccc4)c23)C1. The lowest BCUT2D eigenvalue weighted by Gasteiger charge is -2.26. The van der Waals surface area contributed by atoms with Crippen LogP contribution in [0.25, 0.3) is 10.2 Å². The molecule has 0 bridgehead atoms. The molecule has 0 fully saturated rings. The molecule has 202 valence electrons. The molecule has 1 atom stereocenters. The first-order valence-corrected chi connectivity index (χ1v) is 13.8. The van der Waals surface area contributed by atoms with Gasteiger partial charge in [0.1, 0.15) is 22.7 Å². The van der Waals surface area contributed by atoms with Crippen molar-refractivity contribution in [3.8, 4) is 5.75 Å². The van der Waals surface area contributed by atoms with Gasteiger partial charge in [0.05, 0.1) is 31.2 Å². The number of carbonyl (C=O) groups is 1. The van der Waals surface area contributed by atoms with Crippen LogP contribution in [0.5, 0.6) is 5.75 Å². The molecule has 0 radical (unpaired) electrons. The number of ether oxygens (including phenoxy) is 1. The van der Waals surface area contributed by atoms with Gasteiger partial charge in [0.2, 0.25) is 5.91 Å². The molecule has 1 aliphatic heterocycles. The molecule has 0 spiro atoms. The van der Waals surface area contributed by atoms with E-state index in [0.29, 0.717) is 26.3 Å². The molecule has 5 rings (SSSR count). The summed E-state index contributed by atoms with van der Waals surface area (Å²) in [4.78, 5) is 28.0. The lowest BCUT2D eigenvalue weighted by atomic mass is 10.0. The van der Waals surface area contributed by atoms with E-state index >= 15 is 0 Å². The second-order valence-electron chi connectivity index (χ2n) is 9.87. The fourth-order valence-electron chi connectivity index (χ4n) is 4.71. The quantitative estimate of drug-likeness (QED) is 0.279. The van der Waals surface area contributed by atoms with Crippen LogP contribution in [0, 0.1) is 0 Å². The molecule has 1 amide bonds. The van der Waals surface area contributed by atoms with Gasteiger partial charge >= 0.3 is 0 Å². The number of rotatable bonds is 10. The van der Waals surface area contributed by atoms with E-state index in [2.05, 4.69) is 27.4 Å². The smallest absolute Gasteiger partial charge is 0.246 e. The predicted molar refractivity (Wildman–Crippen MR) is 155 cm³/mol. The van der Waals surface area contributed by atoms with Gasteiger partial charge in [-0.3, -0.25) is 4.79 Å². The van der Waals surface area contributed by atoms with Gasteiger partial charge in [-0.25, -0.2) is 9.97 Å². The number of hydrogen-bond donors (Lipinski definition) is 2. The molecule has 9 heteroatoms. The number of fused-ring (bicyclic) bond motifs is 3. The van der Waals surface area contributed by atoms with Crippen molar-refractivity contribution in [2.75, 3.05) is 39.1 Å². The minimum absolute atomic E-state index is 0.0393. The Labute approximate surface area is 232 Å². The van der Waals surface area contributed by atoms with Crippen LogP contribution in [0.2, 0.25) is 0 Å². The van der Waals surface area contributed by atoms with E-state index in [0.717, 1.165) is 45.0 Å². The average molecular weight is 544 g/mol. The van der Waals surface area contributed by atoms with Crippen molar-refractivity contribution in [3.05, 3.63) is 94.6 Å². The molecule has 1 aliphatic rings. The molecule has 0 saturated carbocycles. The maximum Gasteiger partial charge on any atom is 0.246 e. The highest BCUT2D eigenvalue weighted by atomic mass is 32.1. The molecular weight excluding hydrogens is 510 g/mol. The predicted octanol–water partition coefficient (Wildman–Crippen LogP) is 4.77. The van der Waals surface area contributed by atoms with Gasteiger partial charge < -0.3 is 25.0 Å². The lowest BCUT2D eigenvalue weighted by Crippen LogP contribution is -2.34. The number of anilines is 1. The number of amides is 1. The number of aromatic nitrogens is 2. The summed E-state index contributed by atoms with van der Waals surface area (Å²) >= 11 is 1.63. The van der Waals surface area contributed by atoms with Crippen LogP contribution in [-0.2, 0) is 29.1 Å². The van der Waals surface area contributed by atoms with Crippen LogP contribution in [0.15, 0.2) is 73.1 Å². The van der Waals surface area contributed by atoms with Crippen molar-refractivity contribution in [2.24, 2.45) is 0 Å². The van der Waals surface area contributed by atoms with Gasteiger partial charge in [-0.1, -0.05) is 48.5 Å². The normalized spacial score (nSPS) is 14.2. The first-order valence-electron chi connectivity index (χ1n) is 13.0. The third-order valence-electron chi connectivity index (χ3n) is 6.66.